The van der Waals surface area contributed by atoms with Gasteiger partial charge in [-0.2, -0.15) is 0 Å². The summed E-state index contributed by atoms with van der Waals surface area (Å²) in [4.78, 5) is 11.9. The van der Waals surface area contributed by atoms with Crippen molar-refractivity contribution < 1.29 is 23.5 Å². The first kappa shape index (κ1) is 18.3. The van der Waals surface area contributed by atoms with Gasteiger partial charge in [-0.15, -0.1) is 0 Å². The van der Waals surface area contributed by atoms with Crippen LogP contribution in [0.3, 0.4) is 0 Å². The molecular weight excluding hydrogens is 348 g/mol. The summed E-state index contributed by atoms with van der Waals surface area (Å²) in [5.41, 5.74) is 1.47. The predicted molar refractivity (Wildman–Crippen MR) is 98.8 cm³/mol. The Morgan fingerprint density at radius 3 is 2.48 bits per heavy atom. The Morgan fingerprint density at radius 2 is 1.74 bits per heavy atom. The van der Waals surface area contributed by atoms with Gasteiger partial charge in [0.1, 0.15) is 22.9 Å². The molecule has 0 radical (unpaired) electrons. The van der Waals surface area contributed by atoms with Gasteiger partial charge in [0.25, 0.3) is 5.91 Å². The number of nitrogens with one attached hydrogen (secondary N) is 1. The van der Waals surface area contributed by atoms with Gasteiger partial charge in [0.15, 0.2) is 12.4 Å². The molecule has 0 aliphatic heterocycles. The molecule has 0 fully saturated rings. The number of nitrogens with zero attached hydrogens (tertiary/aromatic N) is 1. The average molecular weight is 368 g/mol. The van der Waals surface area contributed by atoms with Gasteiger partial charge >= 0.3 is 0 Å². The Balaban J connectivity index is 1.49. The van der Waals surface area contributed by atoms with Crippen LogP contribution in [0.5, 0.6) is 17.2 Å². The fourth-order valence-electron chi connectivity index (χ4n) is 2.37. The molecule has 0 unspecified atom stereocenters. The minimum atomic E-state index is -0.253. The predicted octanol–water partition coefficient (Wildman–Crippen LogP) is 3.05. The van der Waals surface area contributed by atoms with Crippen molar-refractivity contribution >= 4 is 5.91 Å². The monoisotopic (exact) mass is 368 g/mol. The van der Waals surface area contributed by atoms with Gasteiger partial charge in [0, 0.05) is 11.6 Å². The van der Waals surface area contributed by atoms with E-state index in [2.05, 4.69) is 10.5 Å². The van der Waals surface area contributed by atoms with Gasteiger partial charge < -0.3 is 24.1 Å². The number of carbonyl (C=O) groups excluding carboxylic acids is 1. The summed E-state index contributed by atoms with van der Waals surface area (Å²) in [5.74, 6) is 2.40. The number of hydrogen-bond acceptors (Lipinski definition) is 6. The summed E-state index contributed by atoms with van der Waals surface area (Å²) in [6, 6.07) is 16.3. The molecule has 0 saturated carbocycles. The molecular formula is C20H20N2O5. The maximum atomic E-state index is 11.9. The van der Waals surface area contributed by atoms with Crippen molar-refractivity contribution in [3.63, 3.8) is 0 Å². The number of hydrogen-bond donors (Lipinski definition) is 1. The first-order chi connectivity index (χ1) is 13.2. The zero-order chi connectivity index (χ0) is 19.1. The molecule has 140 valence electrons. The maximum absolute atomic E-state index is 11.9. The highest BCUT2D eigenvalue weighted by Crippen LogP contribution is 2.24. The van der Waals surface area contributed by atoms with Crippen LogP contribution in [0, 0.1) is 0 Å². The first-order valence-corrected chi connectivity index (χ1v) is 8.31. The summed E-state index contributed by atoms with van der Waals surface area (Å²) in [6.07, 6.45) is 0. The molecule has 2 aromatic carbocycles. The smallest absolute Gasteiger partial charge is 0.258 e. The van der Waals surface area contributed by atoms with Crippen LogP contribution >= 0.6 is 0 Å². The molecule has 0 atom stereocenters. The van der Waals surface area contributed by atoms with Crippen LogP contribution in [0.15, 0.2) is 59.1 Å². The largest absolute Gasteiger partial charge is 0.497 e. The van der Waals surface area contributed by atoms with Crippen molar-refractivity contribution in [1.29, 1.82) is 0 Å². The molecule has 1 amide bonds. The lowest BCUT2D eigenvalue weighted by Gasteiger charge is -2.07. The van der Waals surface area contributed by atoms with Crippen molar-refractivity contribution in [2.45, 2.75) is 6.54 Å². The molecule has 0 bridgehead atoms. The van der Waals surface area contributed by atoms with E-state index in [1.165, 1.54) is 0 Å². The number of methoxy groups -OCH3 is 2. The number of amides is 1. The molecule has 0 aliphatic carbocycles. The quantitative estimate of drug-likeness (QED) is 0.658. The summed E-state index contributed by atoms with van der Waals surface area (Å²) >= 11 is 0. The normalized spacial score (nSPS) is 10.3. The first-order valence-electron chi connectivity index (χ1n) is 8.31. The van der Waals surface area contributed by atoms with E-state index in [9.17, 15) is 4.79 Å². The summed E-state index contributed by atoms with van der Waals surface area (Å²) in [7, 11) is 3.20. The average Bonchev–Trinajstić information content (AvgIpc) is 3.20. The summed E-state index contributed by atoms with van der Waals surface area (Å²) in [6.45, 7) is 0.158. The second kappa shape index (κ2) is 8.75. The molecule has 3 aromatic rings. The fraction of sp³-hybridized carbons (Fsp3) is 0.200. The van der Waals surface area contributed by atoms with Gasteiger partial charge in [-0.3, -0.25) is 4.79 Å². The number of ether oxygens (including phenoxy) is 3. The highest BCUT2D eigenvalue weighted by Gasteiger charge is 2.09. The van der Waals surface area contributed by atoms with E-state index >= 15 is 0 Å². The zero-order valence-corrected chi connectivity index (χ0v) is 15.1. The summed E-state index contributed by atoms with van der Waals surface area (Å²) < 4.78 is 21.0. The van der Waals surface area contributed by atoms with Crippen LogP contribution in [0.4, 0.5) is 0 Å². The molecule has 1 aromatic heterocycles. The number of benzene rings is 2. The van der Waals surface area contributed by atoms with Gasteiger partial charge in [-0.25, -0.2) is 0 Å². The maximum Gasteiger partial charge on any atom is 0.258 e. The number of rotatable bonds is 8. The van der Waals surface area contributed by atoms with Gasteiger partial charge in [0.05, 0.1) is 20.8 Å². The van der Waals surface area contributed by atoms with Crippen molar-refractivity contribution in [3.05, 3.63) is 60.3 Å². The molecule has 7 heteroatoms. The topological polar surface area (TPSA) is 82.8 Å². The van der Waals surface area contributed by atoms with Crippen LogP contribution in [0.1, 0.15) is 5.69 Å². The number of carbonyl (C=O) groups is 1. The van der Waals surface area contributed by atoms with Crippen molar-refractivity contribution in [2.75, 3.05) is 20.8 Å². The lowest BCUT2D eigenvalue weighted by molar-refractivity contribution is -0.123. The Morgan fingerprint density at radius 1 is 1.00 bits per heavy atom. The van der Waals surface area contributed by atoms with Crippen LogP contribution < -0.4 is 19.5 Å². The lowest BCUT2D eigenvalue weighted by Crippen LogP contribution is -2.28. The minimum Gasteiger partial charge on any atom is -0.497 e. The second-order valence-corrected chi connectivity index (χ2v) is 5.66. The van der Waals surface area contributed by atoms with E-state index < -0.39 is 0 Å². The van der Waals surface area contributed by atoms with Crippen molar-refractivity contribution in [2.24, 2.45) is 0 Å². The molecule has 0 aliphatic rings. The van der Waals surface area contributed by atoms with Gasteiger partial charge in [-0.05, 0) is 36.4 Å². The molecule has 1 N–H and O–H groups in total. The second-order valence-electron chi connectivity index (χ2n) is 5.66. The highest BCUT2D eigenvalue weighted by molar-refractivity contribution is 5.77. The molecule has 0 spiro atoms. The van der Waals surface area contributed by atoms with Gasteiger partial charge in [-0.1, -0.05) is 17.3 Å². The lowest BCUT2D eigenvalue weighted by atomic mass is 10.1. The van der Waals surface area contributed by atoms with Crippen LogP contribution in [0.2, 0.25) is 0 Å². The molecule has 27 heavy (non-hydrogen) atoms. The van der Waals surface area contributed by atoms with E-state index in [1.807, 2.05) is 24.3 Å². The Hall–Kier alpha value is -3.48. The third-order valence-electron chi connectivity index (χ3n) is 3.81. The SMILES string of the molecule is COc1ccc(OCC(=O)NCc2cc(-c3cccc(OC)c3)on2)cc1. The van der Waals surface area contributed by atoms with Crippen LogP contribution in [-0.4, -0.2) is 31.9 Å². The summed E-state index contributed by atoms with van der Waals surface area (Å²) in [5, 5.41) is 6.72. The third kappa shape index (κ3) is 5.01. The molecule has 0 saturated heterocycles. The third-order valence-corrected chi connectivity index (χ3v) is 3.81. The van der Waals surface area contributed by atoms with E-state index in [0.29, 0.717) is 17.2 Å². The Bertz CT molecular complexity index is 889. The molecule has 7 nitrogen and oxygen atoms in total. The van der Waals surface area contributed by atoms with E-state index in [0.717, 1.165) is 17.1 Å². The van der Waals surface area contributed by atoms with Gasteiger partial charge in [0.2, 0.25) is 0 Å². The Labute approximate surface area is 156 Å². The van der Waals surface area contributed by atoms with Crippen LogP contribution in [0.25, 0.3) is 11.3 Å². The molecule has 3 rings (SSSR count). The standard InChI is InChI=1S/C20H20N2O5/c1-24-16-6-8-17(9-7-16)26-13-20(23)21-12-15-11-19(27-22-15)14-4-3-5-18(10-14)25-2/h3-11H,12-13H2,1-2H3,(H,21,23). The zero-order valence-electron chi connectivity index (χ0n) is 15.1. The van der Waals surface area contributed by atoms with E-state index in [4.69, 9.17) is 18.7 Å². The van der Waals surface area contributed by atoms with E-state index in [-0.39, 0.29) is 19.1 Å². The number of aromatic nitrogens is 1. The van der Waals surface area contributed by atoms with Crippen LogP contribution in [-0.2, 0) is 11.3 Å². The fourth-order valence-corrected chi connectivity index (χ4v) is 2.37. The molecule has 1 heterocycles. The van der Waals surface area contributed by atoms with Crippen molar-refractivity contribution in [1.82, 2.24) is 10.5 Å². The minimum absolute atomic E-state index is 0.0904. The highest BCUT2D eigenvalue weighted by atomic mass is 16.5. The van der Waals surface area contributed by atoms with E-state index in [1.54, 1.807) is 44.6 Å². The van der Waals surface area contributed by atoms with Crippen molar-refractivity contribution in [3.8, 4) is 28.6 Å². The Kier molecular flexibility index (Phi) is 5.94.